The van der Waals surface area contributed by atoms with Crippen LogP contribution in [-0.4, -0.2) is 13.2 Å². The molecule has 86 valence electrons. The molecule has 2 atom stereocenters. The lowest BCUT2D eigenvalue weighted by Crippen LogP contribution is -2.44. The third-order valence-electron chi connectivity index (χ3n) is 4.07. The Morgan fingerprint density at radius 3 is 1.50 bits per heavy atom. The van der Waals surface area contributed by atoms with Gasteiger partial charge in [0.25, 0.3) is 0 Å². The van der Waals surface area contributed by atoms with Gasteiger partial charge in [0.05, 0.1) is 24.4 Å². The fourth-order valence-electron chi connectivity index (χ4n) is 2.65. The van der Waals surface area contributed by atoms with E-state index < -0.39 is 0 Å². The first-order valence-corrected chi connectivity index (χ1v) is 6.02. The lowest BCUT2D eigenvalue weighted by Gasteiger charge is -2.46. The molecule has 0 aliphatic carbocycles. The zero-order chi connectivity index (χ0) is 11.2. The molecule has 2 unspecified atom stereocenters. The van der Waals surface area contributed by atoms with Gasteiger partial charge >= 0.3 is 0 Å². The summed E-state index contributed by atoms with van der Waals surface area (Å²) in [5.41, 5.74) is 2.45. The third-order valence-corrected chi connectivity index (χ3v) is 4.07. The van der Waals surface area contributed by atoms with Crippen LogP contribution >= 0.6 is 0 Å². The van der Waals surface area contributed by atoms with Gasteiger partial charge in [0.15, 0.2) is 0 Å². The Hall–Kier alpha value is -0.860. The van der Waals surface area contributed by atoms with Crippen LogP contribution in [0.4, 0.5) is 0 Å². The second kappa shape index (κ2) is 3.31. The molecule has 2 heterocycles. The highest BCUT2D eigenvalue weighted by Gasteiger charge is 2.43. The number of ether oxygens (including phenoxy) is 2. The van der Waals surface area contributed by atoms with Crippen LogP contribution < -0.4 is 0 Å². The van der Waals surface area contributed by atoms with Gasteiger partial charge in [0.2, 0.25) is 0 Å². The van der Waals surface area contributed by atoms with Gasteiger partial charge in [-0.1, -0.05) is 24.3 Å². The molecule has 2 nitrogen and oxygen atoms in total. The largest absolute Gasteiger partial charge is 0.370 e. The van der Waals surface area contributed by atoms with Crippen LogP contribution in [0.2, 0.25) is 0 Å². The van der Waals surface area contributed by atoms with E-state index in [0.717, 1.165) is 26.1 Å². The van der Waals surface area contributed by atoms with E-state index >= 15 is 0 Å². The van der Waals surface area contributed by atoms with E-state index in [1.165, 1.54) is 11.1 Å². The van der Waals surface area contributed by atoms with E-state index in [1.807, 2.05) is 0 Å². The van der Waals surface area contributed by atoms with E-state index in [2.05, 4.69) is 38.1 Å². The predicted molar refractivity (Wildman–Crippen MR) is 62.3 cm³/mol. The first kappa shape index (κ1) is 10.3. The summed E-state index contributed by atoms with van der Waals surface area (Å²) in [7, 11) is 0. The van der Waals surface area contributed by atoms with E-state index in [1.54, 1.807) is 0 Å². The highest BCUT2D eigenvalue weighted by Crippen LogP contribution is 2.45. The Bertz CT molecular complexity index is 364. The van der Waals surface area contributed by atoms with Crippen molar-refractivity contribution in [3.63, 3.8) is 0 Å². The van der Waals surface area contributed by atoms with Crippen molar-refractivity contribution >= 4 is 0 Å². The molecule has 0 saturated carbocycles. The molecule has 2 heteroatoms. The van der Waals surface area contributed by atoms with Gasteiger partial charge in [-0.15, -0.1) is 0 Å². The average Bonchev–Trinajstić information content (AvgIpc) is 2.23. The Morgan fingerprint density at radius 1 is 0.875 bits per heavy atom. The fraction of sp³-hybridized carbons (Fsp3) is 0.571. The minimum absolute atomic E-state index is 0.0848. The zero-order valence-electron chi connectivity index (χ0n) is 9.95. The lowest BCUT2D eigenvalue weighted by atomic mass is 9.77. The monoisotopic (exact) mass is 218 g/mol. The molecular weight excluding hydrogens is 200 g/mol. The van der Waals surface area contributed by atoms with Crippen LogP contribution in [-0.2, 0) is 20.7 Å². The van der Waals surface area contributed by atoms with Gasteiger partial charge in [-0.2, -0.15) is 0 Å². The first-order chi connectivity index (χ1) is 7.64. The summed E-state index contributed by atoms with van der Waals surface area (Å²) >= 11 is 0. The normalized spacial score (nSPS) is 37.6. The summed E-state index contributed by atoms with van der Waals surface area (Å²) in [6, 6.07) is 8.55. The van der Waals surface area contributed by atoms with Gasteiger partial charge in [-0.05, 0) is 25.0 Å². The molecule has 2 aliphatic heterocycles. The molecule has 0 radical (unpaired) electrons. The summed E-state index contributed by atoms with van der Waals surface area (Å²) in [6.07, 6.45) is 2.22. The average molecular weight is 218 g/mol. The van der Waals surface area contributed by atoms with Crippen molar-refractivity contribution in [3.8, 4) is 0 Å². The maximum Gasteiger partial charge on any atom is 0.0928 e. The van der Waals surface area contributed by atoms with Gasteiger partial charge < -0.3 is 9.47 Å². The summed E-state index contributed by atoms with van der Waals surface area (Å²) in [5.74, 6) is 0. The molecule has 0 amide bonds. The molecular formula is C14H18O2. The highest BCUT2D eigenvalue weighted by atomic mass is 16.5. The molecule has 0 spiro atoms. The number of hydrogen-bond donors (Lipinski definition) is 0. The molecule has 2 aliphatic rings. The molecule has 1 aromatic rings. The van der Waals surface area contributed by atoms with Crippen molar-refractivity contribution in [2.45, 2.75) is 37.9 Å². The number of rotatable bonds is 2. The van der Waals surface area contributed by atoms with Gasteiger partial charge in [0, 0.05) is 12.8 Å². The molecule has 1 aromatic carbocycles. The molecule has 0 aromatic heterocycles. The summed E-state index contributed by atoms with van der Waals surface area (Å²) < 4.78 is 11.5. The van der Waals surface area contributed by atoms with Crippen molar-refractivity contribution in [2.24, 2.45) is 0 Å². The second-order valence-electron chi connectivity index (χ2n) is 5.20. The van der Waals surface area contributed by atoms with Crippen molar-refractivity contribution in [3.05, 3.63) is 35.4 Å². The molecule has 2 saturated heterocycles. The number of hydrogen-bond acceptors (Lipinski definition) is 2. The van der Waals surface area contributed by atoms with Crippen LogP contribution in [0.15, 0.2) is 24.3 Å². The van der Waals surface area contributed by atoms with Crippen LogP contribution in [0.5, 0.6) is 0 Å². The van der Waals surface area contributed by atoms with Gasteiger partial charge in [0.1, 0.15) is 0 Å². The van der Waals surface area contributed by atoms with Crippen LogP contribution in [0.3, 0.4) is 0 Å². The van der Waals surface area contributed by atoms with Gasteiger partial charge in [-0.3, -0.25) is 0 Å². The van der Waals surface area contributed by atoms with E-state index in [-0.39, 0.29) is 11.2 Å². The first-order valence-electron chi connectivity index (χ1n) is 6.02. The topological polar surface area (TPSA) is 18.5 Å². The molecule has 2 fully saturated rings. The van der Waals surface area contributed by atoms with Gasteiger partial charge in [-0.25, -0.2) is 0 Å². The van der Waals surface area contributed by atoms with Crippen LogP contribution in [0.25, 0.3) is 0 Å². The SMILES string of the molecule is CC1(c2ccccc2C2(C)CCO2)CCO1. The Morgan fingerprint density at radius 2 is 1.25 bits per heavy atom. The van der Waals surface area contributed by atoms with E-state index in [9.17, 15) is 0 Å². The highest BCUT2D eigenvalue weighted by molar-refractivity contribution is 5.38. The van der Waals surface area contributed by atoms with E-state index in [4.69, 9.17) is 9.47 Å². The Balaban J connectivity index is 2.04. The minimum atomic E-state index is -0.0848. The maximum absolute atomic E-state index is 5.75. The zero-order valence-corrected chi connectivity index (χ0v) is 9.95. The van der Waals surface area contributed by atoms with Crippen LogP contribution in [0.1, 0.15) is 37.8 Å². The van der Waals surface area contributed by atoms with Crippen molar-refractivity contribution in [1.82, 2.24) is 0 Å². The Labute approximate surface area is 96.6 Å². The third kappa shape index (κ3) is 1.33. The predicted octanol–water partition coefficient (Wildman–Crippen LogP) is 2.96. The van der Waals surface area contributed by atoms with Crippen molar-refractivity contribution in [2.75, 3.05) is 13.2 Å². The number of benzene rings is 1. The van der Waals surface area contributed by atoms with E-state index in [0.29, 0.717) is 0 Å². The summed E-state index contributed by atoms with van der Waals surface area (Å²) in [5, 5.41) is 0. The fourth-order valence-corrected chi connectivity index (χ4v) is 2.65. The minimum Gasteiger partial charge on any atom is -0.370 e. The van der Waals surface area contributed by atoms with Crippen molar-refractivity contribution in [1.29, 1.82) is 0 Å². The molecule has 0 bridgehead atoms. The summed E-state index contributed by atoms with van der Waals surface area (Å²) in [4.78, 5) is 0. The summed E-state index contributed by atoms with van der Waals surface area (Å²) in [6.45, 7) is 6.11. The standard InChI is InChI=1S/C14H18O2/c1-13(7-9-15-13)11-5-3-4-6-12(11)14(2)8-10-16-14/h3-6H,7-10H2,1-2H3. The van der Waals surface area contributed by atoms with Crippen molar-refractivity contribution < 1.29 is 9.47 Å². The molecule has 0 N–H and O–H groups in total. The second-order valence-corrected chi connectivity index (χ2v) is 5.20. The lowest BCUT2D eigenvalue weighted by molar-refractivity contribution is -0.158. The molecule has 3 rings (SSSR count). The maximum atomic E-state index is 5.75. The van der Waals surface area contributed by atoms with Crippen LogP contribution in [0, 0.1) is 0 Å². The molecule has 16 heavy (non-hydrogen) atoms. The Kier molecular flexibility index (Phi) is 2.13. The quantitative estimate of drug-likeness (QED) is 0.759. The smallest absolute Gasteiger partial charge is 0.0928 e.